The second-order valence-electron chi connectivity index (χ2n) is 4.55. The molecule has 0 aromatic carbocycles. The van der Waals surface area contributed by atoms with E-state index in [0.717, 1.165) is 19.4 Å². The van der Waals surface area contributed by atoms with E-state index in [1.807, 2.05) is 0 Å². The van der Waals surface area contributed by atoms with Gasteiger partial charge in [-0.25, -0.2) is 8.42 Å². The summed E-state index contributed by atoms with van der Waals surface area (Å²) in [5.74, 6) is 1.44. The molecule has 14 heavy (non-hydrogen) atoms. The topological polar surface area (TPSA) is 46.2 Å². The molecule has 0 saturated carbocycles. The Kier molecular flexibility index (Phi) is 3.12. The van der Waals surface area contributed by atoms with Crippen LogP contribution < -0.4 is 5.32 Å². The SMILES string of the molecule is O=S1(=O)CCC(C2CCCCN2)CC1. The number of hydrogen-bond donors (Lipinski definition) is 1. The van der Waals surface area contributed by atoms with Crippen molar-refractivity contribution in [2.75, 3.05) is 18.1 Å². The summed E-state index contributed by atoms with van der Waals surface area (Å²) in [6.07, 6.45) is 5.58. The Morgan fingerprint density at radius 1 is 1.00 bits per heavy atom. The monoisotopic (exact) mass is 217 g/mol. The highest BCUT2D eigenvalue weighted by Crippen LogP contribution is 2.26. The van der Waals surface area contributed by atoms with Crippen LogP contribution in [0.1, 0.15) is 32.1 Å². The summed E-state index contributed by atoms with van der Waals surface area (Å²) in [5, 5.41) is 3.52. The molecule has 0 spiro atoms. The normalized spacial score (nSPS) is 34.1. The Morgan fingerprint density at radius 2 is 1.71 bits per heavy atom. The molecule has 1 unspecified atom stereocenters. The fraction of sp³-hybridized carbons (Fsp3) is 1.00. The lowest BCUT2D eigenvalue weighted by Crippen LogP contribution is -2.43. The average molecular weight is 217 g/mol. The number of nitrogens with one attached hydrogen (secondary N) is 1. The second kappa shape index (κ2) is 4.19. The molecule has 82 valence electrons. The zero-order chi connectivity index (χ0) is 10.0. The molecule has 2 aliphatic rings. The lowest BCUT2D eigenvalue weighted by Gasteiger charge is -2.33. The van der Waals surface area contributed by atoms with Crippen molar-refractivity contribution in [1.29, 1.82) is 0 Å². The van der Waals surface area contributed by atoms with Crippen molar-refractivity contribution < 1.29 is 8.42 Å². The fourth-order valence-electron chi connectivity index (χ4n) is 2.59. The Hall–Kier alpha value is -0.0900. The molecule has 0 aromatic rings. The second-order valence-corrected chi connectivity index (χ2v) is 6.85. The van der Waals surface area contributed by atoms with E-state index in [0.29, 0.717) is 23.5 Å². The van der Waals surface area contributed by atoms with Gasteiger partial charge in [0.15, 0.2) is 0 Å². The fourth-order valence-corrected chi connectivity index (χ4v) is 4.12. The first-order chi connectivity index (χ1) is 6.67. The maximum Gasteiger partial charge on any atom is 0.150 e. The third kappa shape index (κ3) is 2.48. The van der Waals surface area contributed by atoms with Crippen molar-refractivity contribution in [3.63, 3.8) is 0 Å². The average Bonchev–Trinajstić information content (AvgIpc) is 2.19. The summed E-state index contributed by atoms with van der Waals surface area (Å²) in [5.41, 5.74) is 0. The van der Waals surface area contributed by atoms with Gasteiger partial charge in [0.25, 0.3) is 0 Å². The van der Waals surface area contributed by atoms with E-state index < -0.39 is 9.84 Å². The van der Waals surface area contributed by atoms with E-state index in [2.05, 4.69) is 5.32 Å². The van der Waals surface area contributed by atoms with Crippen molar-refractivity contribution >= 4 is 9.84 Å². The van der Waals surface area contributed by atoms with Crippen molar-refractivity contribution in [1.82, 2.24) is 5.32 Å². The molecule has 4 heteroatoms. The highest BCUT2D eigenvalue weighted by atomic mass is 32.2. The van der Waals surface area contributed by atoms with Crippen LogP contribution in [-0.2, 0) is 9.84 Å². The quantitative estimate of drug-likeness (QED) is 0.711. The van der Waals surface area contributed by atoms with Gasteiger partial charge in [-0.05, 0) is 38.1 Å². The van der Waals surface area contributed by atoms with Crippen LogP contribution in [0.2, 0.25) is 0 Å². The molecule has 0 aromatic heterocycles. The Bertz CT molecular complexity index is 266. The molecular formula is C10H19NO2S. The minimum absolute atomic E-state index is 0.413. The first kappa shape index (κ1) is 10.4. The number of sulfone groups is 1. The van der Waals surface area contributed by atoms with Crippen LogP contribution >= 0.6 is 0 Å². The molecule has 0 amide bonds. The molecule has 2 saturated heterocycles. The molecule has 3 nitrogen and oxygen atoms in total. The third-order valence-corrected chi connectivity index (χ3v) is 5.23. The van der Waals surface area contributed by atoms with Crippen LogP contribution in [0.25, 0.3) is 0 Å². The molecule has 2 aliphatic heterocycles. The van der Waals surface area contributed by atoms with Gasteiger partial charge in [0.05, 0.1) is 11.5 Å². The predicted octanol–water partition coefficient (Wildman–Crippen LogP) is 0.953. The summed E-state index contributed by atoms with van der Waals surface area (Å²) in [7, 11) is -2.68. The van der Waals surface area contributed by atoms with E-state index in [-0.39, 0.29) is 0 Å². The minimum atomic E-state index is -2.68. The highest BCUT2D eigenvalue weighted by molar-refractivity contribution is 7.91. The van der Waals surface area contributed by atoms with Gasteiger partial charge in [-0.3, -0.25) is 0 Å². The van der Waals surface area contributed by atoms with Gasteiger partial charge in [-0.15, -0.1) is 0 Å². The largest absolute Gasteiger partial charge is 0.314 e. The highest BCUT2D eigenvalue weighted by Gasteiger charge is 2.29. The van der Waals surface area contributed by atoms with Gasteiger partial charge < -0.3 is 5.32 Å². The van der Waals surface area contributed by atoms with Crippen LogP contribution in [-0.4, -0.2) is 32.5 Å². The standard InChI is InChI=1S/C10H19NO2S/c12-14(13)7-4-9(5-8-14)10-3-1-2-6-11-10/h9-11H,1-8H2. The van der Waals surface area contributed by atoms with Gasteiger partial charge in [0.1, 0.15) is 9.84 Å². The summed E-state index contributed by atoms with van der Waals surface area (Å²) in [4.78, 5) is 0. The lowest BCUT2D eigenvalue weighted by molar-refractivity contribution is 0.277. The Balaban J connectivity index is 1.88. The maximum atomic E-state index is 11.3. The summed E-state index contributed by atoms with van der Waals surface area (Å²) in [6.45, 7) is 1.12. The first-order valence-electron chi connectivity index (χ1n) is 5.61. The number of piperidine rings is 1. The van der Waals surface area contributed by atoms with Crippen LogP contribution in [0.4, 0.5) is 0 Å². The van der Waals surface area contributed by atoms with Gasteiger partial charge in [-0.1, -0.05) is 6.42 Å². The molecular weight excluding hydrogens is 198 g/mol. The van der Waals surface area contributed by atoms with Gasteiger partial charge in [-0.2, -0.15) is 0 Å². The van der Waals surface area contributed by atoms with Crippen LogP contribution in [0.5, 0.6) is 0 Å². The molecule has 2 heterocycles. The summed E-state index contributed by atoms with van der Waals surface area (Å²) >= 11 is 0. The van der Waals surface area contributed by atoms with Crippen molar-refractivity contribution in [2.45, 2.75) is 38.1 Å². The van der Waals surface area contributed by atoms with Crippen molar-refractivity contribution in [3.05, 3.63) is 0 Å². The predicted molar refractivity (Wildman–Crippen MR) is 57.0 cm³/mol. The molecule has 0 bridgehead atoms. The third-order valence-electron chi connectivity index (χ3n) is 3.52. The Labute approximate surface area is 86.2 Å². The zero-order valence-corrected chi connectivity index (χ0v) is 9.35. The molecule has 2 rings (SSSR count). The molecule has 0 radical (unpaired) electrons. The van der Waals surface area contributed by atoms with Crippen molar-refractivity contribution in [2.24, 2.45) is 5.92 Å². The molecule has 1 N–H and O–H groups in total. The van der Waals surface area contributed by atoms with E-state index in [9.17, 15) is 8.42 Å². The minimum Gasteiger partial charge on any atom is -0.314 e. The zero-order valence-electron chi connectivity index (χ0n) is 8.54. The van der Waals surface area contributed by atoms with Crippen LogP contribution in [0.3, 0.4) is 0 Å². The van der Waals surface area contributed by atoms with Crippen LogP contribution in [0, 0.1) is 5.92 Å². The van der Waals surface area contributed by atoms with Gasteiger partial charge in [0.2, 0.25) is 0 Å². The lowest BCUT2D eigenvalue weighted by atomic mass is 9.88. The van der Waals surface area contributed by atoms with E-state index >= 15 is 0 Å². The maximum absolute atomic E-state index is 11.3. The van der Waals surface area contributed by atoms with E-state index in [1.165, 1.54) is 19.3 Å². The Morgan fingerprint density at radius 3 is 2.29 bits per heavy atom. The van der Waals surface area contributed by atoms with E-state index in [1.54, 1.807) is 0 Å². The van der Waals surface area contributed by atoms with Crippen molar-refractivity contribution in [3.8, 4) is 0 Å². The first-order valence-corrected chi connectivity index (χ1v) is 7.43. The van der Waals surface area contributed by atoms with E-state index in [4.69, 9.17) is 0 Å². The smallest absolute Gasteiger partial charge is 0.150 e. The molecule has 1 atom stereocenters. The number of hydrogen-bond acceptors (Lipinski definition) is 3. The molecule has 2 fully saturated rings. The van der Waals surface area contributed by atoms with Gasteiger partial charge >= 0.3 is 0 Å². The number of rotatable bonds is 1. The summed E-state index contributed by atoms with van der Waals surface area (Å²) in [6, 6.07) is 0.597. The summed E-state index contributed by atoms with van der Waals surface area (Å²) < 4.78 is 22.5. The molecule has 0 aliphatic carbocycles. The van der Waals surface area contributed by atoms with Crippen LogP contribution in [0.15, 0.2) is 0 Å². The van der Waals surface area contributed by atoms with Gasteiger partial charge in [0, 0.05) is 6.04 Å².